The highest BCUT2D eigenvalue weighted by molar-refractivity contribution is 5.32. The van der Waals surface area contributed by atoms with Gasteiger partial charge in [-0.3, -0.25) is 0 Å². The van der Waals surface area contributed by atoms with Gasteiger partial charge in [-0.25, -0.2) is 0 Å². The van der Waals surface area contributed by atoms with Crippen LogP contribution in [0.1, 0.15) is 49.7 Å². The van der Waals surface area contributed by atoms with Crippen LogP contribution in [0.15, 0.2) is 10.5 Å². The predicted octanol–water partition coefficient (Wildman–Crippen LogP) is 1.89. The van der Waals surface area contributed by atoms with Crippen LogP contribution in [0.2, 0.25) is 0 Å². The molecule has 0 aliphatic heterocycles. The van der Waals surface area contributed by atoms with Crippen molar-refractivity contribution in [3.8, 4) is 0 Å². The van der Waals surface area contributed by atoms with Gasteiger partial charge in [-0.2, -0.15) is 0 Å². The lowest BCUT2D eigenvalue weighted by atomic mass is 9.98. The summed E-state index contributed by atoms with van der Waals surface area (Å²) in [6, 6.07) is 2.08. The summed E-state index contributed by atoms with van der Waals surface area (Å²) in [5.41, 5.74) is 5.87. The summed E-state index contributed by atoms with van der Waals surface area (Å²) in [5, 5.41) is 10.4. The summed E-state index contributed by atoms with van der Waals surface area (Å²) >= 11 is 0. The maximum Gasteiger partial charge on any atom is 0.139 e. The number of fused-ring (bicyclic) bond motifs is 1. The molecule has 0 fully saturated rings. The van der Waals surface area contributed by atoms with Gasteiger partial charge in [0, 0.05) is 5.92 Å². The average molecular weight is 209 g/mol. The van der Waals surface area contributed by atoms with Gasteiger partial charge in [0.25, 0.3) is 0 Å². The molecule has 3 N–H and O–H groups in total. The van der Waals surface area contributed by atoms with Crippen LogP contribution in [0.25, 0.3) is 0 Å². The van der Waals surface area contributed by atoms with Crippen LogP contribution >= 0.6 is 0 Å². The maximum absolute atomic E-state index is 10.4. The minimum Gasteiger partial charge on any atom is -0.462 e. The molecule has 3 heteroatoms. The first-order valence-corrected chi connectivity index (χ1v) is 5.62. The van der Waals surface area contributed by atoms with Crippen LogP contribution in [0.4, 0.5) is 0 Å². The fourth-order valence-electron chi connectivity index (χ4n) is 2.25. The van der Waals surface area contributed by atoms with Crippen molar-refractivity contribution in [2.75, 3.05) is 6.54 Å². The Bertz CT molecular complexity index is 357. The molecule has 1 aliphatic rings. The SMILES string of the molecule is CC(C)c1cc2c(o1)C(O)(CCN)CC2. The van der Waals surface area contributed by atoms with Crippen molar-refractivity contribution < 1.29 is 9.52 Å². The van der Waals surface area contributed by atoms with Gasteiger partial charge in [-0.05, 0) is 37.4 Å². The molecule has 1 aliphatic carbocycles. The van der Waals surface area contributed by atoms with Gasteiger partial charge in [0.05, 0.1) is 0 Å². The van der Waals surface area contributed by atoms with E-state index in [0.717, 1.165) is 29.9 Å². The lowest BCUT2D eigenvalue weighted by Crippen LogP contribution is -2.25. The van der Waals surface area contributed by atoms with Gasteiger partial charge in [0.2, 0.25) is 0 Å². The van der Waals surface area contributed by atoms with Gasteiger partial charge in [0.15, 0.2) is 0 Å². The standard InChI is InChI=1S/C12H19NO2/c1-8(2)10-7-9-3-4-12(14,5-6-13)11(9)15-10/h7-8,14H,3-6,13H2,1-2H3. The molecule has 0 radical (unpaired) electrons. The van der Waals surface area contributed by atoms with Crippen LogP contribution < -0.4 is 5.73 Å². The first-order chi connectivity index (χ1) is 7.07. The van der Waals surface area contributed by atoms with Crippen LogP contribution in [0.5, 0.6) is 0 Å². The summed E-state index contributed by atoms with van der Waals surface area (Å²) in [6.07, 6.45) is 2.24. The van der Waals surface area contributed by atoms with Crippen molar-refractivity contribution in [1.29, 1.82) is 0 Å². The number of nitrogens with two attached hydrogens (primary N) is 1. The molecule has 0 amide bonds. The van der Waals surface area contributed by atoms with Gasteiger partial charge in [-0.15, -0.1) is 0 Å². The first-order valence-electron chi connectivity index (χ1n) is 5.62. The van der Waals surface area contributed by atoms with Crippen molar-refractivity contribution in [2.45, 2.75) is 44.6 Å². The molecule has 3 nitrogen and oxygen atoms in total. The molecular weight excluding hydrogens is 190 g/mol. The van der Waals surface area contributed by atoms with E-state index >= 15 is 0 Å². The molecule has 15 heavy (non-hydrogen) atoms. The second-order valence-electron chi connectivity index (χ2n) is 4.73. The third-order valence-electron chi connectivity index (χ3n) is 3.19. The summed E-state index contributed by atoms with van der Waals surface area (Å²) in [5.74, 6) is 2.10. The smallest absolute Gasteiger partial charge is 0.139 e. The van der Waals surface area contributed by atoms with E-state index < -0.39 is 5.60 Å². The van der Waals surface area contributed by atoms with E-state index in [4.69, 9.17) is 10.2 Å². The molecule has 0 spiro atoms. The second-order valence-corrected chi connectivity index (χ2v) is 4.73. The molecule has 0 aromatic carbocycles. The molecule has 1 aromatic rings. The molecule has 1 aromatic heterocycles. The molecule has 1 unspecified atom stereocenters. The van der Waals surface area contributed by atoms with E-state index in [9.17, 15) is 5.11 Å². The van der Waals surface area contributed by atoms with Gasteiger partial charge in [0.1, 0.15) is 17.1 Å². The van der Waals surface area contributed by atoms with E-state index in [0.29, 0.717) is 18.9 Å². The normalized spacial score (nSPS) is 24.9. The number of aliphatic hydroxyl groups is 1. The Labute approximate surface area is 90.3 Å². The van der Waals surface area contributed by atoms with E-state index in [2.05, 4.69) is 19.9 Å². The zero-order valence-corrected chi connectivity index (χ0v) is 9.42. The van der Waals surface area contributed by atoms with Crippen molar-refractivity contribution in [3.05, 3.63) is 23.2 Å². The van der Waals surface area contributed by atoms with Crippen molar-refractivity contribution >= 4 is 0 Å². The Hall–Kier alpha value is -0.800. The van der Waals surface area contributed by atoms with E-state index in [1.54, 1.807) is 0 Å². The molecule has 0 saturated carbocycles. The minimum atomic E-state index is -0.808. The summed E-state index contributed by atoms with van der Waals surface area (Å²) in [6.45, 7) is 4.68. The lowest BCUT2D eigenvalue weighted by Gasteiger charge is -2.20. The number of rotatable bonds is 3. The van der Waals surface area contributed by atoms with Crippen LogP contribution in [-0.2, 0) is 12.0 Å². The second kappa shape index (κ2) is 3.65. The Morgan fingerprint density at radius 2 is 2.33 bits per heavy atom. The fourth-order valence-corrected chi connectivity index (χ4v) is 2.25. The zero-order valence-electron chi connectivity index (χ0n) is 9.42. The molecule has 0 bridgehead atoms. The Morgan fingerprint density at radius 3 is 2.93 bits per heavy atom. The minimum absolute atomic E-state index is 0.373. The third kappa shape index (κ3) is 1.70. The third-order valence-corrected chi connectivity index (χ3v) is 3.19. The largest absolute Gasteiger partial charge is 0.462 e. The van der Waals surface area contributed by atoms with Gasteiger partial charge < -0.3 is 15.3 Å². The van der Waals surface area contributed by atoms with Crippen molar-refractivity contribution in [2.24, 2.45) is 5.73 Å². The van der Waals surface area contributed by atoms with Gasteiger partial charge >= 0.3 is 0 Å². The topological polar surface area (TPSA) is 59.4 Å². The van der Waals surface area contributed by atoms with Gasteiger partial charge in [-0.1, -0.05) is 13.8 Å². The number of hydrogen-bond donors (Lipinski definition) is 2. The highest BCUT2D eigenvalue weighted by atomic mass is 16.4. The van der Waals surface area contributed by atoms with E-state index in [1.807, 2.05) is 0 Å². The zero-order chi connectivity index (χ0) is 11.1. The Kier molecular flexibility index (Phi) is 2.61. The summed E-state index contributed by atoms with van der Waals surface area (Å²) in [4.78, 5) is 0. The maximum atomic E-state index is 10.4. The molecule has 1 atom stereocenters. The highest BCUT2D eigenvalue weighted by Gasteiger charge is 2.40. The van der Waals surface area contributed by atoms with E-state index in [-0.39, 0.29) is 0 Å². The monoisotopic (exact) mass is 209 g/mol. The quantitative estimate of drug-likeness (QED) is 0.799. The predicted molar refractivity (Wildman–Crippen MR) is 58.7 cm³/mol. The highest BCUT2D eigenvalue weighted by Crippen LogP contribution is 2.41. The van der Waals surface area contributed by atoms with E-state index in [1.165, 1.54) is 0 Å². The van der Waals surface area contributed by atoms with Crippen LogP contribution in [0, 0.1) is 0 Å². The molecule has 84 valence electrons. The molecular formula is C12H19NO2. The van der Waals surface area contributed by atoms with Crippen LogP contribution in [-0.4, -0.2) is 11.7 Å². The van der Waals surface area contributed by atoms with Crippen molar-refractivity contribution in [1.82, 2.24) is 0 Å². The van der Waals surface area contributed by atoms with Crippen LogP contribution in [0.3, 0.4) is 0 Å². The molecule has 2 rings (SSSR count). The summed E-state index contributed by atoms with van der Waals surface area (Å²) in [7, 11) is 0. The molecule has 1 heterocycles. The Balaban J connectivity index is 2.33. The first kappa shape index (κ1) is 10.7. The fraction of sp³-hybridized carbons (Fsp3) is 0.667. The average Bonchev–Trinajstić information content (AvgIpc) is 2.69. The van der Waals surface area contributed by atoms with Crippen molar-refractivity contribution in [3.63, 3.8) is 0 Å². The number of hydrogen-bond acceptors (Lipinski definition) is 3. The lowest BCUT2D eigenvalue weighted by molar-refractivity contribution is 0.0105. The number of furan rings is 1. The summed E-state index contributed by atoms with van der Waals surface area (Å²) < 4.78 is 5.75. The molecule has 0 saturated heterocycles. The Morgan fingerprint density at radius 1 is 1.60 bits per heavy atom. The number of aryl methyl sites for hydroxylation is 1.